The fourth-order valence-corrected chi connectivity index (χ4v) is 2.24. The lowest BCUT2D eigenvalue weighted by molar-refractivity contribution is 0.0997. The fraction of sp³-hybridized carbons (Fsp3) is 0.0833. The molecule has 0 amide bonds. The number of thiophene rings is 1. The van der Waals surface area contributed by atoms with Gasteiger partial charge in [0.15, 0.2) is 5.78 Å². The van der Waals surface area contributed by atoms with Crippen molar-refractivity contribution in [2.45, 2.75) is 6.42 Å². The highest BCUT2D eigenvalue weighted by Gasteiger charge is 2.12. The van der Waals surface area contributed by atoms with Gasteiger partial charge in [-0.15, -0.1) is 11.3 Å². The number of hydrogen-bond donors (Lipinski definition) is 0. The van der Waals surface area contributed by atoms with Gasteiger partial charge in [0, 0.05) is 6.42 Å². The highest BCUT2D eigenvalue weighted by molar-refractivity contribution is 7.12. The minimum absolute atomic E-state index is 0.0346. The van der Waals surface area contributed by atoms with Gasteiger partial charge in [0.05, 0.1) is 9.90 Å². The third kappa shape index (κ3) is 2.31. The molecular formula is C12H8ClFOS. The van der Waals surface area contributed by atoms with E-state index < -0.39 is 5.82 Å². The molecule has 2 rings (SSSR count). The monoisotopic (exact) mass is 254 g/mol. The topological polar surface area (TPSA) is 17.1 Å². The van der Waals surface area contributed by atoms with Crippen molar-refractivity contribution in [1.29, 1.82) is 0 Å². The maximum atomic E-state index is 13.1. The molecule has 1 aromatic heterocycles. The number of halogens is 2. The molecule has 1 aromatic carbocycles. The number of Topliss-reactive ketones (excluding diaryl/α,β-unsaturated/α-hetero) is 1. The average molecular weight is 255 g/mol. The summed E-state index contributed by atoms with van der Waals surface area (Å²) in [6, 6.07) is 8.06. The maximum Gasteiger partial charge on any atom is 0.177 e. The zero-order valence-electron chi connectivity index (χ0n) is 8.24. The van der Waals surface area contributed by atoms with E-state index in [2.05, 4.69) is 0 Å². The lowest BCUT2D eigenvalue weighted by Crippen LogP contribution is -2.02. The number of hydrogen-bond acceptors (Lipinski definition) is 2. The number of carbonyl (C=O) groups is 1. The van der Waals surface area contributed by atoms with Gasteiger partial charge in [0.1, 0.15) is 5.82 Å². The first-order valence-corrected chi connectivity index (χ1v) is 5.94. The zero-order valence-corrected chi connectivity index (χ0v) is 9.82. The van der Waals surface area contributed by atoms with Gasteiger partial charge < -0.3 is 0 Å². The number of carbonyl (C=O) groups excluding carboxylic acids is 1. The Hall–Kier alpha value is -1.19. The number of ketones is 1. The summed E-state index contributed by atoms with van der Waals surface area (Å²) in [6.07, 6.45) is 0.136. The van der Waals surface area contributed by atoms with E-state index in [9.17, 15) is 9.18 Å². The van der Waals surface area contributed by atoms with Crippen molar-refractivity contribution in [2.75, 3.05) is 0 Å². The van der Waals surface area contributed by atoms with E-state index in [0.29, 0.717) is 10.4 Å². The summed E-state index contributed by atoms with van der Waals surface area (Å²) in [5, 5.41) is 1.87. The number of benzene rings is 1. The van der Waals surface area contributed by atoms with E-state index in [1.807, 2.05) is 11.4 Å². The third-order valence-corrected chi connectivity index (χ3v) is 3.51. The maximum absolute atomic E-state index is 13.1. The quantitative estimate of drug-likeness (QED) is 0.758. The van der Waals surface area contributed by atoms with Crippen LogP contribution in [0.2, 0.25) is 5.02 Å². The molecule has 0 saturated heterocycles. The molecule has 0 bridgehead atoms. The molecule has 0 aliphatic heterocycles. The second-order valence-corrected chi connectivity index (χ2v) is 4.62. The highest BCUT2D eigenvalue weighted by atomic mass is 35.5. The molecule has 0 atom stereocenters. The van der Waals surface area contributed by atoms with Gasteiger partial charge in [0.25, 0.3) is 0 Å². The van der Waals surface area contributed by atoms with Crippen LogP contribution in [0.4, 0.5) is 4.39 Å². The van der Waals surface area contributed by atoms with Gasteiger partial charge in [-0.2, -0.15) is 0 Å². The average Bonchev–Trinajstić information content (AvgIpc) is 2.78. The van der Waals surface area contributed by atoms with E-state index in [1.54, 1.807) is 18.2 Å². The molecule has 82 valence electrons. The van der Waals surface area contributed by atoms with Crippen molar-refractivity contribution < 1.29 is 9.18 Å². The molecule has 0 fully saturated rings. The summed E-state index contributed by atoms with van der Waals surface area (Å²) in [4.78, 5) is 12.4. The van der Waals surface area contributed by atoms with Gasteiger partial charge in [-0.3, -0.25) is 4.79 Å². The minimum atomic E-state index is -0.488. The summed E-state index contributed by atoms with van der Waals surface area (Å²) in [5.74, 6) is -0.527. The molecule has 0 radical (unpaired) electrons. The molecule has 0 spiro atoms. The largest absolute Gasteiger partial charge is 0.293 e. The SMILES string of the molecule is O=C(Cc1cccc(F)c1Cl)c1cccs1. The van der Waals surface area contributed by atoms with Crippen LogP contribution in [0.15, 0.2) is 35.7 Å². The van der Waals surface area contributed by atoms with Crippen LogP contribution in [0.1, 0.15) is 15.2 Å². The minimum Gasteiger partial charge on any atom is -0.293 e. The van der Waals surface area contributed by atoms with Crippen LogP contribution in [0.3, 0.4) is 0 Å². The number of rotatable bonds is 3. The molecule has 0 aliphatic carbocycles. The molecule has 0 unspecified atom stereocenters. The first-order valence-electron chi connectivity index (χ1n) is 4.68. The molecule has 0 aliphatic rings. The Labute approximate surface area is 101 Å². The summed E-state index contributed by atoms with van der Waals surface area (Å²) in [5.41, 5.74) is 0.528. The van der Waals surface area contributed by atoms with E-state index in [-0.39, 0.29) is 17.2 Å². The van der Waals surface area contributed by atoms with Crippen LogP contribution in [0, 0.1) is 5.82 Å². The lowest BCUT2D eigenvalue weighted by Gasteiger charge is -2.03. The van der Waals surface area contributed by atoms with Gasteiger partial charge >= 0.3 is 0 Å². The van der Waals surface area contributed by atoms with Gasteiger partial charge in [0.2, 0.25) is 0 Å². The molecule has 16 heavy (non-hydrogen) atoms. The lowest BCUT2D eigenvalue weighted by atomic mass is 10.1. The van der Waals surface area contributed by atoms with Crippen molar-refractivity contribution in [3.05, 3.63) is 57.0 Å². The molecule has 2 aromatic rings. The van der Waals surface area contributed by atoms with Gasteiger partial charge in [-0.1, -0.05) is 29.8 Å². The van der Waals surface area contributed by atoms with Crippen molar-refractivity contribution in [1.82, 2.24) is 0 Å². The highest BCUT2D eigenvalue weighted by Crippen LogP contribution is 2.22. The van der Waals surface area contributed by atoms with Crippen molar-refractivity contribution in [3.8, 4) is 0 Å². The first kappa shape index (κ1) is 11.3. The molecule has 0 N–H and O–H groups in total. The molecule has 1 nitrogen and oxygen atoms in total. The zero-order chi connectivity index (χ0) is 11.5. The second-order valence-electron chi connectivity index (χ2n) is 3.29. The predicted molar refractivity (Wildman–Crippen MR) is 63.8 cm³/mol. The Bertz CT molecular complexity index is 508. The predicted octanol–water partition coefficient (Wildman–Crippen LogP) is 3.97. The van der Waals surface area contributed by atoms with Crippen LogP contribution < -0.4 is 0 Å². The Morgan fingerprint density at radius 3 is 2.81 bits per heavy atom. The molecular weight excluding hydrogens is 247 g/mol. The van der Waals surface area contributed by atoms with Crippen LogP contribution in [-0.2, 0) is 6.42 Å². The molecule has 1 heterocycles. The molecule has 0 saturated carbocycles. The van der Waals surface area contributed by atoms with Crippen molar-refractivity contribution >= 4 is 28.7 Å². The Kier molecular flexibility index (Phi) is 3.36. The summed E-state index contributed by atoms with van der Waals surface area (Å²) in [7, 11) is 0. The fourth-order valence-electron chi connectivity index (χ4n) is 1.38. The third-order valence-electron chi connectivity index (χ3n) is 2.18. The first-order chi connectivity index (χ1) is 7.68. The summed E-state index contributed by atoms with van der Waals surface area (Å²) < 4.78 is 13.1. The Balaban J connectivity index is 2.22. The van der Waals surface area contributed by atoms with Crippen LogP contribution >= 0.6 is 22.9 Å². The van der Waals surface area contributed by atoms with E-state index in [4.69, 9.17) is 11.6 Å². The van der Waals surface area contributed by atoms with E-state index in [0.717, 1.165) is 0 Å². The smallest absolute Gasteiger partial charge is 0.177 e. The normalized spacial score (nSPS) is 10.4. The summed E-state index contributed by atoms with van der Waals surface area (Å²) >= 11 is 7.15. The Morgan fingerprint density at radius 2 is 2.12 bits per heavy atom. The summed E-state index contributed by atoms with van der Waals surface area (Å²) in [6.45, 7) is 0. The van der Waals surface area contributed by atoms with Crippen molar-refractivity contribution in [3.63, 3.8) is 0 Å². The van der Waals surface area contributed by atoms with Gasteiger partial charge in [-0.05, 0) is 23.1 Å². The second kappa shape index (κ2) is 4.76. The van der Waals surface area contributed by atoms with Crippen LogP contribution in [0.5, 0.6) is 0 Å². The van der Waals surface area contributed by atoms with Crippen molar-refractivity contribution in [2.24, 2.45) is 0 Å². The van der Waals surface area contributed by atoms with Gasteiger partial charge in [-0.25, -0.2) is 4.39 Å². The molecule has 4 heteroatoms. The standard InChI is InChI=1S/C12H8ClFOS/c13-12-8(3-1-4-9(12)14)7-10(15)11-5-2-6-16-11/h1-6H,7H2. The Morgan fingerprint density at radius 1 is 1.31 bits per heavy atom. The van der Waals surface area contributed by atoms with E-state index >= 15 is 0 Å². The van der Waals surface area contributed by atoms with Crippen LogP contribution in [-0.4, -0.2) is 5.78 Å². The van der Waals surface area contributed by atoms with Crippen LogP contribution in [0.25, 0.3) is 0 Å². The van der Waals surface area contributed by atoms with E-state index in [1.165, 1.54) is 17.4 Å².